The molecule has 0 saturated carbocycles. The smallest absolute Gasteiger partial charge is 0.0931 e. The molecule has 90 valence electrons. The molecule has 4 heteroatoms. The van der Waals surface area contributed by atoms with E-state index in [9.17, 15) is 0 Å². The van der Waals surface area contributed by atoms with Gasteiger partial charge in [-0.15, -0.1) is 11.3 Å². The van der Waals surface area contributed by atoms with Gasteiger partial charge in [0.2, 0.25) is 0 Å². The number of piperidine rings is 1. The average molecular weight is 259 g/mol. The molecule has 2 heterocycles. The highest BCUT2D eigenvalue weighted by molar-refractivity contribution is 7.16. The number of hydrogen-bond donors (Lipinski definition) is 2. The summed E-state index contributed by atoms with van der Waals surface area (Å²) in [6, 6.07) is 4.10. The summed E-state index contributed by atoms with van der Waals surface area (Å²) in [6.45, 7) is 4.61. The highest BCUT2D eigenvalue weighted by Crippen LogP contribution is 2.21. The lowest BCUT2D eigenvalue weighted by atomic mass is 9.98. The summed E-state index contributed by atoms with van der Waals surface area (Å²) >= 11 is 7.58. The molecule has 1 fully saturated rings. The molecule has 2 nitrogen and oxygen atoms in total. The van der Waals surface area contributed by atoms with Gasteiger partial charge in [0.15, 0.2) is 0 Å². The van der Waals surface area contributed by atoms with Gasteiger partial charge in [-0.2, -0.15) is 0 Å². The molecule has 0 atom stereocenters. The summed E-state index contributed by atoms with van der Waals surface area (Å²) in [5.74, 6) is 0.869. The fourth-order valence-corrected chi connectivity index (χ4v) is 3.18. The van der Waals surface area contributed by atoms with E-state index in [0.717, 1.165) is 23.2 Å². The molecule has 0 aliphatic carbocycles. The molecule has 0 spiro atoms. The van der Waals surface area contributed by atoms with E-state index in [2.05, 4.69) is 16.7 Å². The largest absolute Gasteiger partial charge is 0.317 e. The minimum Gasteiger partial charge on any atom is -0.317 e. The molecule has 1 aliphatic rings. The van der Waals surface area contributed by atoms with Crippen molar-refractivity contribution in [3.05, 3.63) is 21.3 Å². The summed E-state index contributed by atoms with van der Waals surface area (Å²) in [4.78, 5) is 1.38. The van der Waals surface area contributed by atoms with Crippen LogP contribution in [0.3, 0.4) is 0 Å². The number of nitrogens with one attached hydrogen (secondary N) is 2. The van der Waals surface area contributed by atoms with Gasteiger partial charge in [-0.3, -0.25) is 0 Å². The molecular formula is C12H19ClN2S. The van der Waals surface area contributed by atoms with Gasteiger partial charge >= 0.3 is 0 Å². The van der Waals surface area contributed by atoms with Crippen molar-refractivity contribution in [1.29, 1.82) is 0 Å². The van der Waals surface area contributed by atoms with E-state index in [0.29, 0.717) is 0 Å². The Balaban J connectivity index is 1.57. The summed E-state index contributed by atoms with van der Waals surface area (Å²) in [5.41, 5.74) is 0. The maximum Gasteiger partial charge on any atom is 0.0931 e. The van der Waals surface area contributed by atoms with Crippen molar-refractivity contribution in [2.45, 2.75) is 19.3 Å². The van der Waals surface area contributed by atoms with E-state index in [1.165, 1.54) is 37.4 Å². The van der Waals surface area contributed by atoms with Crippen molar-refractivity contribution in [3.8, 4) is 0 Å². The van der Waals surface area contributed by atoms with Crippen LogP contribution in [0.5, 0.6) is 0 Å². The summed E-state index contributed by atoms with van der Waals surface area (Å²) < 4.78 is 0.897. The van der Waals surface area contributed by atoms with Crippen LogP contribution in [0.25, 0.3) is 0 Å². The van der Waals surface area contributed by atoms with Crippen LogP contribution in [0.15, 0.2) is 12.1 Å². The van der Waals surface area contributed by atoms with Gasteiger partial charge in [-0.1, -0.05) is 11.6 Å². The van der Waals surface area contributed by atoms with Crippen LogP contribution >= 0.6 is 22.9 Å². The first-order chi connectivity index (χ1) is 7.84. The molecule has 1 saturated heterocycles. The molecule has 0 bridgehead atoms. The molecule has 0 radical (unpaired) electrons. The number of halogens is 1. The zero-order valence-corrected chi connectivity index (χ0v) is 11.0. The molecule has 1 aromatic heterocycles. The zero-order valence-electron chi connectivity index (χ0n) is 9.47. The van der Waals surface area contributed by atoms with Crippen molar-refractivity contribution in [1.82, 2.24) is 10.6 Å². The standard InChI is InChI=1S/C12H19ClN2S/c13-12-2-1-11(16-12)5-8-15-9-10-3-6-14-7-4-10/h1-2,10,14-15H,3-9H2. The Labute approximate surface area is 106 Å². The normalized spacial score (nSPS) is 17.8. The predicted molar refractivity (Wildman–Crippen MR) is 71.5 cm³/mol. The van der Waals surface area contributed by atoms with E-state index in [-0.39, 0.29) is 0 Å². The van der Waals surface area contributed by atoms with Crippen LogP contribution in [0.1, 0.15) is 17.7 Å². The van der Waals surface area contributed by atoms with Gasteiger partial charge in [-0.25, -0.2) is 0 Å². The van der Waals surface area contributed by atoms with Crippen molar-refractivity contribution in [3.63, 3.8) is 0 Å². The second-order valence-corrected chi connectivity index (χ2v) is 6.15. The molecule has 2 N–H and O–H groups in total. The maximum atomic E-state index is 5.89. The van der Waals surface area contributed by atoms with Crippen molar-refractivity contribution in [2.75, 3.05) is 26.2 Å². The SMILES string of the molecule is Clc1ccc(CCNCC2CCNCC2)s1. The lowest BCUT2D eigenvalue weighted by Crippen LogP contribution is -2.34. The molecule has 1 aliphatic heterocycles. The minimum atomic E-state index is 0.869. The predicted octanol–water partition coefficient (Wildman–Crippen LogP) is 2.53. The molecule has 0 aromatic carbocycles. The fraction of sp³-hybridized carbons (Fsp3) is 0.667. The Hall–Kier alpha value is -0.0900. The lowest BCUT2D eigenvalue weighted by Gasteiger charge is -2.22. The first kappa shape index (κ1) is 12.4. The Morgan fingerprint density at radius 2 is 2.19 bits per heavy atom. The summed E-state index contributed by atoms with van der Waals surface area (Å²) in [6.07, 6.45) is 3.73. The van der Waals surface area contributed by atoms with Gasteiger partial charge < -0.3 is 10.6 Å². The highest BCUT2D eigenvalue weighted by Gasteiger charge is 2.11. The minimum absolute atomic E-state index is 0.869. The topological polar surface area (TPSA) is 24.1 Å². The number of thiophene rings is 1. The zero-order chi connectivity index (χ0) is 11.2. The molecule has 0 amide bonds. The van der Waals surface area contributed by atoms with Crippen molar-refractivity contribution < 1.29 is 0 Å². The molecular weight excluding hydrogens is 240 g/mol. The van der Waals surface area contributed by atoms with Gasteiger partial charge in [-0.05, 0) is 63.5 Å². The first-order valence-electron chi connectivity index (χ1n) is 6.00. The summed E-state index contributed by atoms with van der Waals surface area (Å²) in [5, 5.41) is 6.94. The number of rotatable bonds is 5. The van der Waals surface area contributed by atoms with Crippen molar-refractivity contribution in [2.24, 2.45) is 5.92 Å². The lowest BCUT2D eigenvalue weighted by molar-refractivity contribution is 0.358. The Kier molecular flexibility index (Phi) is 5.10. The quantitative estimate of drug-likeness (QED) is 0.794. The van der Waals surface area contributed by atoms with Crippen LogP contribution in [0.2, 0.25) is 4.34 Å². The van der Waals surface area contributed by atoms with E-state index in [4.69, 9.17) is 11.6 Å². The van der Waals surface area contributed by atoms with Gasteiger partial charge in [0.1, 0.15) is 0 Å². The van der Waals surface area contributed by atoms with Crippen LogP contribution in [-0.2, 0) is 6.42 Å². The van der Waals surface area contributed by atoms with Crippen LogP contribution in [-0.4, -0.2) is 26.2 Å². The van der Waals surface area contributed by atoms with Gasteiger partial charge in [0.25, 0.3) is 0 Å². The van der Waals surface area contributed by atoms with Crippen LogP contribution in [0, 0.1) is 5.92 Å². The molecule has 2 rings (SSSR count). The molecule has 1 aromatic rings. The van der Waals surface area contributed by atoms with E-state index in [1.807, 2.05) is 6.07 Å². The van der Waals surface area contributed by atoms with Crippen molar-refractivity contribution >= 4 is 22.9 Å². The average Bonchev–Trinajstić information content (AvgIpc) is 2.72. The third-order valence-corrected chi connectivity index (χ3v) is 4.36. The second-order valence-electron chi connectivity index (χ2n) is 4.35. The third-order valence-electron chi connectivity index (χ3n) is 3.07. The van der Waals surface area contributed by atoms with Gasteiger partial charge in [0, 0.05) is 4.88 Å². The third kappa shape index (κ3) is 4.06. The molecule has 16 heavy (non-hydrogen) atoms. The van der Waals surface area contributed by atoms with Crippen LogP contribution in [0.4, 0.5) is 0 Å². The monoisotopic (exact) mass is 258 g/mol. The van der Waals surface area contributed by atoms with E-state index in [1.54, 1.807) is 11.3 Å². The van der Waals surface area contributed by atoms with Gasteiger partial charge in [0.05, 0.1) is 4.34 Å². The van der Waals surface area contributed by atoms with E-state index >= 15 is 0 Å². The highest BCUT2D eigenvalue weighted by atomic mass is 35.5. The Bertz CT molecular complexity index is 308. The second kappa shape index (κ2) is 6.60. The fourth-order valence-electron chi connectivity index (χ4n) is 2.09. The molecule has 0 unspecified atom stereocenters. The Morgan fingerprint density at radius 3 is 2.88 bits per heavy atom. The van der Waals surface area contributed by atoms with E-state index < -0.39 is 0 Å². The number of hydrogen-bond acceptors (Lipinski definition) is 3. The van der Waals surface area contributed by atoms with Crippen LogP contribution < -0.4 is 10.6 Å². The maximum absolute atomic E-state index is 5.89. The summed E-state index contributed by atoms with van der Waals surface area (Å²) in [7, 11) is 0. The first-order valence-corrected chi connectivity index (χ1v) is 7.19. The Morgan fingerprint density at radius 1 is 1.38 bits per heavy atom.